The standard InChI is InChI=1S/C14H20/c1-10-8-9-13(14(2,3)4)12-7-5-6-11(10)12/h8-9H,5-7H2,1-4H3. The van der Waals surface area contributed by atoms with Crippen molar-refractivity contribution in [1.29, 1.82) is 0 Å². The van der Waals surface area contributed by atoms with Crippen molar-refractivity contribution < 1.29 is 0 Å². The van der Waals surface area contributed by atoms with E-state index < -0.39 is 0 Å². The van der Waals surface area contributed by atoms with E-state index in [1.807, 2.05) is 0 Å². The third kappa shape index (κ3) is 1.47. The van der Waals surface area contributed by atoms with Gasteiger partial charge in [0.2, 0.25) is 0 Å². The van der Waals surface area contributed by atoms with Crippen LogP contribution in [-0.2, 0) is 18.3 Å². The van der Waals surface area contributed by atoms with Crippen molar-refractivity contribution in [3.63, 3.8) is 0 Å². The predicted molar refractivity (Wildman–Crippen MR) is 61.9 cm³/mol. The molecule has 0 spiro atoms. The van der Waals surface area contributed by atoms with Crippen molar-refractivity contribution in [3.05, 3.63) is 34.4 Å². The molecule has 0 radical (unpaired) electrons. The highest BCUT2D eigenvalue weighted by atomic mass is 14.3. The van der Waals surface area contributed by atoms with E-state index in [0.29, 0.717) is 5.41 Å². The molecule has 1 aliphatic rings. The van der Waals surface area contributed by atoms with Crippen LogP contribution in [0.4, 0.5) is 0 Å². The molecule has 1 aromatic rings. The molecule has 76 valence electrons. The minimum atomic E-state index is 0.308. The van der Waals surface area contributed by atoms with Crippen LogP contribution in [0.2, 0.25) is 0 Å². The van der Waals surface area contributed by atoms with Gasteiger partial charge in [-0.2, -0.15) is 0 Å². The van der Waals surface area contributed by atoms with E-state index in [0.717, 1.165) is 0 Å². The van der Waals surface area contributed by atoms with Crippen LogP contribution in [0.25, 0.3) is 0 Å². The van der Waals surface area contributed by atoms with Gasteiger partial charge in [-0.3, -0.25) is 0 Å². The van der Waals surface area contributed by atoms with Gasteiger partial charge >= 0.3 is 0 Å². The first kappa shape index (κ1) is 9.76. The summed E-state index contributed by atoms with van der Waals surface area (Å²) in [6.07, 6.45) is 3.94. The minimum absolute atomic E-state index is 0.308. The second kappa shape index (κ2) is 3.12. The number of aryl methyl sites for hydroxylation is 1. The van der Waals surface area contributed by atoms with Crippen LogP contribution in [0.5, 0.6) is 0 Å². The topological polar surface area (TPSA) is 0 Å². The molecule has 0 unspecified atom stereocenters. The Labute approximate surface area is 87.3 Å². The SMILES string of the molecule is Cc1ccc(C(C)(C)C)c2c1CCC2. The summed E-state index contributed by atoms with van der Waals surface area (Å²) in [4.78, 5) is 0. The first-order chi connectivity index (χ1) is 6.50. The summed E-state index contributed by atoms with van der Waals surface area (Å²) in [5.74, 6) is 0. The number of benzene rings is 1. The molecule has 0 bridgehead atoms. The maximum absolute atomic E-state index is 2.33. The van der Waals surface area contributed by atoms with Crippen LogP contribution < -0.4 is 0 Å². The van der Waals surface area contributed by atoms with Gasteiger partial charge in [0, 0.05) is 0 Å². The van der Waals surface area contributed by atoms with Gasteiger partial charge in [0.25, 0.3) is 0 Å². The third-order valence-corrected chi connectivity index (χ3v) is 3.33. The second-order valence-electron chi connectivity index (χ2n) is 5.49. The lowest BCUT2D eigenvalue weighted by Gasteiger charge is -2.23. The van der Waals surface area contributed by atoms with Crippen molar-refractivity contribution >= 4 is 0 Å². The molecule has 0 N–H and O–H groups in total. The molecular weight excluding hydrogens is 168 g/mol. The summed E-state index contributed by atoms with van der Waals surface area (Å²) in [7, 11) is 0. The van der Waals surface area contributed by atoms with Crippen molar-refractivity contribution in [2.45, 2.75) is 52.4 Å². The molecule has 0 heterocycles. The largest absolute Gasteiger partial charge is 0.0587 e. The second-order valence-corrected chi connectivity index (χ2v) is 5.49. The molecule has 0 aromatic heterocycles. The Morgan fingerprint density at radius 1 is 1.00 bits per heavy atom. The lowest BCUT2D eigenvalue weighted by atomic mass is 9.82. The van der Waals surface area contributed by atoms with Gasteiger partial charge in [0.05, 0.1) is 0 Å². The summed E-state index contributed by atoms with van der Waals surface area (Å²) in [6.45, 7) is 9.19. The van der Waals surface area contributed by atoms with Gasteiger partial charge < -0.3 is 0 Å². The highest BCUT2D eigenvalue weighted by molar-refractivity contribution is 5.46. The number of rotatable bonds is 0. The quantitative estimate of drug-likeness (QED) is 0.581. The Morgan fingerprint density at radius 2 is 1.64 bits per heavy atom. The van der Waals surface area contributed by atoms with Crippen molar-refractivity contribution in [3.8, 4) is 0 Å². The lowest BCUT2D eigenvalue weighted by Crippen LogP contribution is -2.14. The van der Waals surface area contributed by atoms with E-state index in [1.54, 1.807) is 16.7 Å². The van der Waals surface area contributed by atoms with Crippen LogP contribution in [0.1, 0.15) is 49.4 Å². The summed E-state index contributed by atoms with van der Waals surface area (Å²) in [6, 6.07) is 4.63. The third-order valence-electron chi connectivity index (χ3n) is 3.33. The van der Waals surface area contributed by atoms with Gasteiger partial charge in [-0.25, -0.2) is 0 Å². The summed E-state index contributed by atoms with van der Waals surface area (Å²) in [5, 5.41) is 0. The molecule has 0 heteroatoms. The zero-order valence-electron chi connectivity index (χ0n) is 9.78. The van der Waals surface area contributed by atoms with Crippen LogP contribution in [0.3, 0.4) is 0 Å². The molecule has 0 fully saturated rings. The lowest BCUT2D eigenvalue weighted by molar-refractivity contribution is 0.583. The Balaban J connectivity index is 2.60. The van der Waals surface area contributed by atoms with Crippen LogP contribution in [0, 0.1) is 6.92 Å². The Bertz CT molecular complexity index is 353. The highest BCUT2D eigenvalue weighted by Gasteiger charge is 2.23. The monoisotopic (exact) mass is 188 g/mol. The van der Waals surface area contributed by atoms with E-state index in [1.165, 1.54) is 24.8 Å². The smallest absolute Gasteiger partial charge is 0.0129 e. The van der Waals surface area contributed by atoms with E-state index in [4.69, 9.17) is 0 Å². The molecule has 0 saturated heterocycles. The average Bonchev–Trinajstić information content (AvgIpc) is 2.50. The van der Waals surface area contributed by atoms with Gasteiger partial charge in [0.1, 0.15) is 0 Å². The summed E-state index contributed by atoms with van der Waals surface area (Å²) < 4.78 is 0. The normalized spacial score (nSPS) is 15.7. The minimum Gasteiger partial charge on any atom is -0.0587 e. The van der Waals surface area contributed by atoms with Crippen molar-refractivity contribution in [2.75, 3.05) is 0 Å². The zero-order valence-corrected chi connectivity index (χ0v) is 9.78. The Morgan fingerprint density at radius 3 is 2.29 bits per heavy atom. The van der Waals surface area contributed by atoms with Crippen LogP contribution in [-0.4, -0.2) is 0 Å². The molecule has 14 heavy (non-hydrogen) atoms. The number of fused-ring (bicyclic) bond motifs is 1. The number of hydrogen-bond donors (Lipinski definition) is 0. The predicted octanol–water partition coefficient (Wildman–Crippen LogP) is 3.78. The maximum atomic E-state index is 2.33. The molecule has 1 aliphatic carbocycles. The van der Waals surface area contributed by atoms with Crippen molar-refractivity contribution in [2.24, 2.45) is 0 Å². The van der Waals surface area contributed by atoms with E-state index in [-0.39, 0.29) is 0 Å². The van der Waals surface area contributed by atoms with Gasteiger partial charge in [-0.1, -0.05) is 32.9 Å². The average molecular weight is 188 g/mol. The van der Waals surface area contributed by atoms with E-state index in [2.05, 4.69) is 39.8 Å². The molecule has 2 rings (SSSR count). The van der Waals surface area contributed by atoms with Gasteiger partial charge in [0.15, 0.2) is 0 Å². The van der Waals surface area contributed by atoms with E-state index in [9.17, 15) is 0 Å². The molecule has 1 aromatic carbocycles. The molecular formula is C14H20. The molecule has 0 saturated carbocycles. The number of hydrogen-bond acceptors (Lipinski definition) is 0. The maximum Gasteiger partial charge on any atom is -0.0129 e. The first-order valence-electron chi connectivity index (χ1n) is 5.62. The first-order valence-corrected chi connectivity index (χ1v) is 5.62. The zero-order chi connectivity index (χ0) is 10.3. The molecule has 0 atom stereocenters. The van der Waals surface area contributed by atoms with Gasteiger partial charge in [-0.05, 0) is 53.9 Å². The van der Waals surface area contributed by atoms with Crippen LogP contribution >= 0.6 is 0 Å². The molecule has 0 nitrogen and oxygen atoms in total. The van der Waals surface area contributed by atoms with Crippen LogP contribution in [0.15, 0.2) is 12.1 Å². The summed E-state index contributed by atoms with van der Waals surface area (Å²) in [5.41, 5.74) is 6.65. The highest BCUT2D eigenvalue weighted by Crippen LogP contribution is 2.34. The Hall–Kier alpha value is -0.780. The van der Waals surface area contributed by atoms with Gasteiger partial charge in [-0.15, -0.1) is 0 Å². The Kier molecular flexibility index (Phi) is 2.17. The fourth-order valence-corrected chi connectivity index (χ4v) is 2.59. The fourth-order valence-electron chi connectivity index (χ4n) is 2.59. The molecule has 0 amide bonds. The van der Waals surface area contributed by atoms with Crippen molar-refractivity contribution in [1.82, 2.24) is 0 Å². The molecule has 0 aliphatic heterocycles. The fraction of sp³-hybridized carbons (Fsp3) is 0.571. The van der Waals surface area contributed by atoms with E-state index >= 15 is 0 Å². The summed E-state index contributed by atoms with van der Waals surface area (Å²) >= 11 is 0.